The Labute approximate surface area is 159 Å². The number of ether oxygens (including phenoxy) is 2. The highest BCUT2D eigenvalue weighted by atomic mass is 16.5. The Hall–Kier alpha value is -2.08. The first-order chi connectivity index (χ1) is 13.2. The molecular weight excluding hydrogens is 344 g/mol. The lowest BCUT2D eigenvalue weighted by Gasteiger charge is -2.33. The third-order valence-corrected chi connectivity index (χ3v) is 6.25. The molecule has 0 spiro atoms. The molecule has 3 heterocycles. The molecule has 2 bridgehead atoms. The van der Waals surface area contributed by atoms with Crippen LogP contribution in [0.1, 0.15) is 32.1 Å². The Morgan fingerprint density at radius 3 is 2.67 bits per heavy atom. The zero-order chi connectivity index (χ0) is 18.4. The Kier molecular flexibility index (Phi) is 4.31. The fraction of sp³-hybridized carbons (Fsp3) is 0.619. The summed E-state index contributed by atoms with van der Waals surface area (Å²) in [4.78, 5) is 30.4. The molecule has 2 amide bonds. The van der Waals surface area contributed by atoms with Crippen molar-refractivity contribution in [2.75, 3.05) is 31.2 Å². The third kappa shape index (κ3) is 3.20. The number of para-hydroxylation sites is 2. The number of rotatable bonds is 3. The summed E-state index contributed by atoms with van der Waals surface area (Å²) in [6.45, 7) is 2.47. The van der Waals surface area contributed by atoms with E-state index in [4.69, 9.17) is 9.47 Å². The molecule has 1 saturated carbocycles. The number of amides is 2. The highest BCUT2D eigenvalue weighted by Gasteiger charge is 2.47. The van der Waals surface area contributed by atoms with Gasteiger partial charge in [-0.1, -0.05) is 12.1 Å². The van der Waals surface area contributed by atoms with Crippen LogP contribution in [0.4, 0.5) is 5.69 Å². The summed E-state index contributed by atoms with van der Waals surface area (Å²) < 4.78 is 11.7. The molecule has 5 rings (SSSR count). The van der Waals surface area contributed by atoms with Gasteiger partial charge in [-0.15, -0.1) is 0 Å². The van der Waals surface area contributed by atoms with Crippen LogP contribution in [0.5, 0.6) is 5.75 Å². The number of carbonyl (C=O) groups is 2. The SMILES string of the molecule is O=C1C2CC(CN2C(=O)C2CCOCC2)Oc2ccccc2N1CC1CC1. The minimum absolute atomic E-state index is 0.0344. The lowest BCUT2D eigenvalue weighted by Crippen LogP contribution is -2.50. The van der Waals surface area contributed by atoms with Crippen molar-refractivity contribution >= 4 is 17.5 Å². The van der Waals surface area contributed by atoms with Crippen molar-refractivity contribution in [2.45, 2.75) is 44.2 Å². The molecule has 0 aromatic heterocycles. The first kappa shape index (κ1) is 17.0. The highest BCUT2D eigenvalue weighted by Crippen LogP contribution is 2.40. The van der Waals surface area contributed by atoms with Gasteiger partial charge in [-0.05, 0) is 43.7 Å². The van der Waals surface area contributed by atoms with Crippen molar-refractivity contribution in [3.63, 3.8) is 0 Å². The second-order valence-corrected chi connectivity index (χ2v) is 8.23. The van der Waals surface area contributed by atoms with Crippen LogP contribution in [-0.2, 0) is 14.3 Å². The van der Waals surface area contributed by atoms with Crippen LogP contribution in [-0.4, -0.2) is 55.2 Å². The summed E-state index contributed by atoms with van der Waals surface area (Å²) in [6.07, 6.45) is 4.30. The van der Waals surface area contributed by atoms with Crippen molar-refractivity contribution < 1.29 is 19.1 Å². The molecule has 0 N–H and O–H groups in total. The summed E-state index contributed by atoms with van der Waals surface area (Å²) >= 11 is 0. The Morgan fingerprint density at radius 2 is 1.89 bits per heavy atom. The molecule has 27 heavy (non-hydrogen) atoms. The van der Waals surface area contributed by atoms with Gasteiger partial charge in [0.25, 0.3) is 0 Å². The summed E-state index contributed by atoms with van der Waals surface area (Å²) in [7, 11) is 0. The van der Waals surface area contributed by atoms with Crippen LogP contribution in [0.15, 0.2) is 24.3 Å². The standard InChI is InChI=1S/C21H26N2O4/c24-20(15-7-9-26-10-8-15)23-13-16-11-18(23)21(25)22(12-14-5-6-14)17-3-1-2-4-19(17)27-16/h1-4,14-16,18H,5-13H2. The normalized spacial score (nSPS) is 28.4. The van der Waals surface area contributed by atoms with Gasteiger partial charge in [0.15, 0.2) is 0 Å². The number of fused-ring (bicyclic) bond motifs is 3. The number of carbonyl (C=O) groups excluding carboxylic acids is 2. The first-order valence-corrected chi connectivity index (χ1v) is 10.2. The monoisotopic (exact) mass is 370 g/mol. The van der Waals surface area contributed by atoms with E-state index in [1.165, 1.54) is 12.8 Å². The number of hydrogen-bond donors (Lipinski definition) is 0. The molecule has 2 saturated heterocycles. The van der Waals surface area contributed by atoms with E-state index in [1.54, 1.807) is 4.90 Å². The molecule has 1 aromatic carbocycles. The van der Waals surface area contributed by atoms with Crippen molar-refractivity contribution in [2.24, 2.45) is 11.8 Å². The number of likely N-dealkylation sites (tertiary alicyclic amines) is 1. The second-order valence-electron chi connectivity index (χ2n) is 8.23. The molecule has 6 nitrogen and oxygen atoms in total. The van der Waals surface area contributed by atoms with Gasteiger partial charge >= 0.3 is 0 Å². The van der Waals surface area contributed by atoms with Crippen LogP contribution in [0.25, 0.3) is 0 Å². The van der Waals surface area contributed by atoms with E-state index >= 15 is 0 Å². The van der Waals surface area contributed by atoms with Crippen LogP contribution < -0.4 is 9.64 Å². The maximum Gasteiger partial charge on any atom is 0.250 e. The van der Waals surface area contributed by atoms with E-state index in [-0.39, 0.29) is 23.8 Å². The van der Waals surface area contributed by atoms with Gasteiger partial charge in [0.2, 0.25) is 11.8 Å². The predicted octanol–water partition coefficient (Wildman–Crippen LogP) is 2.22. The molecule has 1 aliphatic carbocycles. The minimum atomic E-state index is -0.405. The van der Waals surface area contributed by atoms with E-state index in [9.17, 15) is 9.59 Å². The lowest BCUT2D eigenvalue weighted by molar-refractivity contribution is -0.143. The molecule has 4 aliphatic rings. The molecule has 0 radical (unpaired) electrons. The molecule has 2 unspecified atom stereocenters. The maximum absolute atomic E-state index is 13.5. The van der Waals surface area contributed by atoms with Gasteiger partial charge in [0.05, 0.1) is 12.2 Å². The molecular formula is C21H26N2O4. The maximum atomic E-state index is 13.5. The van der Waals surface area contributed by atoms with E-state index in [0.717, 1.165) is 30.8 Å². The number of anilines is 1. The Bertz CT molecular complexity index is 741. The van der Waals surface area contributed by atoms with Gasteiger partial charge in [-0.2, -0.15) is 0 Å². The average molecular weight is 370 g/mol. The molecule has 2 atom stereocenters. The van der Waals surface area contributed by atoms with Gasteiger partial charge in [0.1, 0.15) is 17.9 Å². The third-order valence-electron chi connectivity index (χ3n) is 6.25. The van der Waals surface area contributed by atoms with Crippen LogP contribution in [0.3, 0.4) is 0 Å². The van der Waals surface area contributed by atoms with Gasteiger partial charge < -0.3 is 19.3 Å². The van der Waals surface area contributed by atoms with E-state index in [1.807, 2.05) is 29.2 Å². The summed E-state index contributed by atoms with van der Waals surface area (Å²) in [5.41, 5.74) is 0.851. The molecule has 1 aromatic rings. The minimum Gasteiger partial charge on any atom is -0.486 e. The topological polar surface area (TPSA) is 59.1 Å². The van der Waals surface area contributed by atoms with Gasteiger partial charge in [-0.25, -0.2) is 0 Å². The molecule has 144 valence electrons. The molecule has 3 fully saturated rings. The fourth-order valence-corrected chi connectivity index (χ4v) is 4.54. The van der Waals surface area contributed by atoms with Crippen molar-refractivity contribution in [3.8, 4) is 5.75 Å². The molecule has 6 heteroatoms. The largest absolute Gasteiger partial charge is 0.486 e. The van der Waals surface area contributed by atoms with E-state index in [0.29, 0.717) is 32.1 Å². The Balaban J connectivity index is 1.45. The second kappa shape index (κ2) is 6.82. The summed E-state index contributed by atoms with van der Waals surface area (Å²) in [6, 6.07) is 7.38. The van der Waals surface area contributed by atoms with Crippen molar-refractivity contribution in [1.29, 1.82) is 0 Å². The zero-order valence-corrected chi connectivity index (χ0v) is 15.5. The van der Waals surface area contributed by atoms with Crippen LogP contribution in [0.2, 0.25) is 0 Å². The Morgan fingerprint density at radius 1 is 1.11 bits per heavy atom. The van der Waals surface area contributed by atoms with E-state index in [2.05, 4.69) is 0 Å². The highest BCUT2D eigenvalue weighted by molar-refractivity contribution is 6.01. The average Bonchev–Trinajstić information content (AvgIpc) is 3.42. The first-order valence-electron chi connectivity index (χ1n) is 10.2. The van der Waals surface area contributed by atoms with Gasteiger partial charge in [0, 0.05) is 32.1 Å². The molecule has 3 aliphatic heterocycles. The van der Waals surface area contributed by atoms with Crippen molar-refractivity contribution in [3.05, 3.63) is 24.3 Å². The smallest absolute Gasteiger partial charge is 0.250 e. The quantitative estimate of drug-likeness (QED) is 0.819. The summed E-state index contributed by atoms with van der Waals surface area (Å²) in [5, 5.41) is 0. The number of benzene rings is 1. The lowest BCUT2D eigenvalue weighted by atomic mass is 9.98. The van der Waals surface area contributed by atoms with E-state index < -0.39 is 6.04 Å². The number of nitrogens with zero attached hydrogens (tertiary/aromatic N) is 2. The predicted molar refractivity (Wildman–Crippen MR) is 99.6 cm³/mol. The fourth-order valence-electron chi connectivity index (χ4n) is 4.54. The van der Waals surface area contributed by atoms with Crippen LogP contribution in [0, 0.1) is 11.8 Å². The summed E-state index contributed by atoms with van der Waals surface area (Å²) in [5.74, 6) is 1.45. The zero-order valence-electron chi connectivity index (χ0n) is 15.5. The number of hydrogen-bond acceptors (Lipinski definition) is 4. The van der Waals surface area contributed by atoms with Gasteiger partial charge in [-0.3, -0.25) is 9.59 Å². The van der Waals surface area contributed by atoms with Crippen molar-refractivity contribution in [1.82, 2.24) is 4.90 Å². The van der Waals surface area contributed by atoms with Crippen LogP contribution >= 0.6 is 0 Å².